The van der Waals surface area contributed by atoms with Crippen molar-refractivity contribution in [2.24, 2.45) is 0 Å². The van der Waals surface area contributed by atoms with Crippen LogP contribution in [0, 0.1) is 0 Å². The summed E-state index contributed by atoms with van der Waals surface area (Å²) < 4.78 is 5.23. The minimum atomic E-state index is 0.669. The Balaban J connectivity index is 2.02. The van der Waals surface area contributed by atoms with E-state index < -0.39 is 0 Å². The van der Waals surface area contributed by atoms with Crippen LogP contribution in [0.3, 0.4) is 0 Å². The lowest BCUT2D eigenvalue weighted by Crippen LogP contribution is -1.97. The Bertz CT molecular complexity index is 456. The standard InChI is InChI=1S/C12H12ClNOS/c1-16-12-5-4-9(7-11(12)13)14-8-10-3-2-6-15-10/h2-7,14H,8H2,1H3. The van der Waals surface area contributed by atoms with E-state index in [1.165, 1.54) is 0 Å². The van der Waals surface area contributed by atoms with E-state index in [2.05, 4.69) is 5.32 Å². The highest BCUT2D eigenvalue weighted by molar-refractivity contribution is 7.98. The second-order valence-electron chi connectivity index (χ2n) is 3.28. The Hall–Kier alpha value is -1.06. The van der Waals surface area contributed by atoms with Gasteiger partial charge in [0.2, 0.25) is 0 Å². The summed E-state index contributed by atoms with van der Waals surface area (Å²) in [6.45, 7) is 0.669. The zero-order valence-corrected chi connectivity index (χ0v) is 10.4. The van der Waals surface area contributed by atoms with E-state index in [9.17, 15) is 0 Å². The molecule has 1 aromatic carbocycles. The van der Waals surface area contributed by atoms with Crippen LogP contribution >= 0.6 is 23.4 Å². The predicted molar refractivity (Wildman–Crippen MR) is 69.3 cm³/mol. The number of benzene rings is 1. The molecule has 0 atom stereocenters. The summed E-state index contributed by atoms with van der Waals surface area (Å²) in [5.74, 6) is 0.907. The molecule has 0 fully saturated rings. The van der Waals surface area contributed by atoms with Crippen molar-refractivity contribution in [3.63, 3.8) is 0 Å². The molecule has 0 saturated heterocycles. The van der Waals surface area contributed by atoms with Crippen LogP contribution < -0.4 is 5.32 Å². The highest BCUT2D eigenvalue weighted by Crippen LogP contribution is 2.28. The maximum atomic E-state index is 6.11. The van der Waals surface area contributed by atoms with Crippen molar-refractivity contribution in [3.8, 4) is 0 Å². The molecule has 2 rings (SSSR count). The molecular formula is C12H12ClNOS. The van der Waals surface area contributed by atoms with Crippen LogP contribution in [0.1, 0.15) is 5.76 Å². The molecule has 2 nitrogen and oxygen atoms in total. The first kappa shape index (κ1) is 11.4. The number of anilines is 1. The van der Waals surface area contributed by atoms with Gasteiger partial charge in [-0.25, -0.2) is 0 Å². The van der Waals surface area contributed by atoms with Gasteiger partial charge in [-0.15, -0.1) is 11.8 Å². The number of rotatable bonds is 4. The molecule has 1 aromatic heterocycles. The average molecular weight is 254 g/mol. The van der Waals surface area contributed by atoms with Crippen molar-refractivity contribution in [1.82, 2.24) is 0 Å². The van der Waals surface area contributed by atoms with E-state index in [4.69, 9.17) is 16.0 Å². The summed E-state index contributed by atoms with van der Waals surface area (Å²) in [5, 5.41) is 4.03. The van der Waals surface area contributed by atoms with Crippen molar-refractivity contribution in [3.05, 3.63) is 47.4 Å². The summed E-state index contributed by atoms with van der Waals surface area (Å²) in [6.07, 6.45) is 3.68. The Morgan fingerprint density at radius 3 is 2.88 bits per heavy atom. The first-order valence-corrected chi connectivity index (χ1v) is 6.49. The second-order valence-corrected chi connectivity index (χ2v) is 4.54. The van der Waals surface area contributed by atoms with Crippen molar-refractivity contribution < 1.29 is 4.42 Å². The fraction of sp³-hybridized carbons (Fsp3) is 0.167. The molecule has 1 heterocycles. The first-order chi connectivity index (χ1) is 7.79. The zero-order valence-electron chi connectivity index (χ0n) is 8.87. The van der Waals surface area contributed by atoms with Gasteiger partial charge in [0.05, 0.1) is 17.8 Å². The van der Waals surface area contributed by atoms with Crippen molar-refractivity contribution in [2.45, 2.75) is 11.4 Å². The topological polar surface area (TPSA) is 25.2 Å². The molecule has 1 N–H and O–H groups in total. The van der Waals surface area contributed by atoms with E-state index in [1.807, 2.05) is 36.6 Å². The van der Waals surface area contributed by atoms with Gasteiger partial charge in [0.15, 0.2) is 0 Å². The Labute approximate surface area is 104 Å². The van der Waals surface area contributed by atoms with E-state index in [-0.39, 0.29) is 0 Å². The summed E-state index contributed by atoms with van der Waals surface area (Å²) in [6, 6.07) is 9.76. The Morgan fingerprint density at radius 2 is 2.25 bits per heavy atom. The third kappa shape index (κ3) is 2.74. The van der Waals surface area contributed by atoms with Gasteiger partial charge in [-0.1, -0.05) is 11.6 Å². The molecule has 84 valence electrons. The number of hydrogen-bond donors (Lipinski definition) is 1. The van der Waals surface area contributed by atoms with Gasteiger partial charge in [0.1, 0.15) is 5.76 Å². The van der Waals surface area contributed by atoms with Crippen LogP contribution in [0.4, 0.5) is 5.69 Å². The Morgan fingerprint density at radius 1 is 1.38 bits per heavy atom. The van der Waals surface area contributed by atoms with Crippen LogP contribution in [0.25, 0.3) is 0 Å². The summed E-state index contributed by atoms with van der Waals surface area (Å²) in [5.41, 5.74) is 0.999. The van der Waals surface area contributed by atoms with E-state index in [0.29, 0.717) is 6.54 Å². The minimum Gasteiger partial charge on any atom is -0.467 e. The molecular weight excluding hydrogens is 242 g/mol. The van der Waals surface area contributed by atoms with Crippen LogP contribution in [-0.4, -0.2) is 6.26 Å². The molecule has 0 radical (unpaired) electrons. The summed E-state index contributed by atoms with van der Waals surface area (Å²) >= 11 is 7.75. The monoisotopic (exact) mass is 253 g/mol. The molecule has 0 aliphatic rings. The van der Waals surface area contributed by atoms with Gasteiger partial charge < -0.3 is 9.73 Å². The second kappa shape index (κ2) is 5.32. The van der Waals surface area contributed by atoms with Crippen LogP contribution in [0.2, 0.25) is 5.02 Å². The lowest BCUT2D eigenvalue weighted by Gasteiger charge is -2.06. The van der Waals surface area contributed by atoms with Crippen LogP contribution in [0.15, 0.2) is 45.9 Å². The Kier molecular flexibility index (Phi) is 3.80. The lowest BCUT2D eigenvalue weighted by molar-refractivity contribution is 0.518. The van der Waals surface area contributed by atoms with Gasteiger partial charge in [-0.05, 0) is 36.6 Å². The van der Waals surface area contributed by atoms with Gasteiger partial charge in [-0.3, -0.25) is 0 Å². The molecule has 0 bridgehead atoms. The largest absolute Gasteiger partial charge is 0.467 e. The maximum Gasteiger partial charge on any atom is 0.122 e. The number of nitrogens with one attached hydrogen (secondary N) is 1. The lowest BCUT2D eigenvalue weighted by atomic mass is 10.3. The highest BCUT2D eigenvalue weighted by atomic mass is 35.5. The minimum absolute atomic E-state index is 0.669. The number of thioether (sulfide) groups is 1. The molecule has 0 saturated carbocycles. The number of halogens is 1. The molecule has 0 aliphatic carbocycles. The third-order valence-electron chi connectivity index (χ3n) is 2.20. The smallest absolute Gasteiger partial charge is 0.122 e. The fourth-order valence-electron chi connectivity index (χ4n) is 1.38. The van der Waals surface area contributed by atoms with Crippen molar-refractivity contribution in [2.75, 3.05) is 11.6 Å². The molecule has 2 aromatic rings. The van der Waals surface area contributed by atoms with E-state index in [1.54, 1.807) is 18.0 Å². The first-order valence-electron chi connectivity index (χ1n) is 4.89. The molecule has 0 unspecified atom stereocenters. The SMILES string of the molecule is CSc1ccc(NCc2ccco2)cc1Cl. The number of hydrogen-bond acceptors (Lipinski definition) is 3. The maximum absolute atomic E-state index is 6.11. The molecule has 16 heavy (non-hydrogen) atoms. The fourth-order valence-corrected chi connectivity index (χ4v) is 2.25. The van der Waals surface area contributed by atoms with Gasteiger partial charge in [-0.2, -0.15) is 0 Å². The predicted octanol–water partition coefficient (Wildman–Crippen LogP) is 4.27. The van der Waals surface area contributed by atoms with E-state index >= 15 is 0 Å². The molecule has 0 aliphatic heterocycles. The van der Waals surface area contributed by atoms with Gasteiger partial charge >= 0.3 is 0 Å². The highest BCUT2D eigenvalue weighted by Gasteiger charge is 2.01. The van der Waals surface area contributed by atoms with E-state index in [0.717, 1.165) is 21.4 Å². The summed E-state index contributed by atoms with van der Waals surface area (Å²) in [7, 11) is 0. The zero-order chi connectivity index (χ0) is 11.4. The quantitative estimate of drug-likeness (QED) is 0.824. The molecule has 0 amide bonds. The van der Waals surface area contributed by atoms with Gasteiger partial charge in [0.25, 0.3) is 0 Å². The molecule has 4 heteroatoms. The molecule has 0 spiro atoms. The van der Waals surface area contributed by atoms with Crippen LogP contribution in [0.5, 0.6) is 0 Å². The third-order valence-corrected chi connectivity index (χ3v) is 3.42. The number of furan rings is 1. The van der Waals surface area contributed by atoms with Crippen LogP contribution in [-0.2, 0) is 6.54 Å². The van der Waals surface area contributed by atoms with Crippen molar-refractivity contribution in [1.29, 1.82) is 0 Å². The van der Waals surface area contributed by atoms with Gasteiger partial charge in [0, 0.05) is 10.6 Å². The average Bonchev–Trinajstić information content (AvgIpc) is 2.79. The van der Waals surface area contributed by atoms with Crippen molar-refractivity contribution >= 4 is 29.1 Å². The summed E-state index contributed by atoms with van der Waals surface area (Å²) in [4.78, 5) is 1.09. The normalized spacial score (nSPS) is 10.4.